The lowest BCUT2D eigenvalue weighted by atomic mass is 9.97. The van der Waals surface area contributed by atoms with Crippen LogP contribution in [0.2, 0.25) is 5.04 Å². The first-order valence-corrected chi connectivity index (χ1v) is 21.9. The predicted molar refractivity (Wildman–Crippen MR) is 230 cm³/mol. The molecule has 5 atom stereocenters. The van der Waals surface area contributed by atoms with Crippen molar-refractivity contribution in [3.8, 4) is 0 Å². The third-order valence-electron chi connectivity index (χ3n) is 10.5. The molecule has 7 rings (SSSR count). The fourth-order valence-corrected chi connectivity index (χ4v) is 12.1. The van der Waals surface area contributed by atoms with Crippen molar-refractivity contribution in [2.75, 3.05) is 6.61 Å². The molecule has 1 saturated heterocycles. The maximum atomic E-state index is 14.2. The van der Waals surface area contributed by atoms with E-state index in [0.717, 1.165) is 15.9 Å². The van der Waals surface area contributed by atoms with E-state index in [0.29, 0.717) is 11.1 Å². The Morgan fingerprint density at radius 3 is 1.37 bits per heavy atom. The first-order chi connectivity index (χ1) is 29.1. The third-order valence-corrected chi connectivity index (χ3v) is 15.5. The van der Waals surface area contributed by atoms with Crippen LogP contribution in [-0.2, 0) is 34.7 Å². The Kier molecular flexibility index (Phi) is 13.5. The van der Waals surface area contributed by atoms with Gasteiger partial charge in [0.15, 0.2) is 18.5 Å². The van der Waals surface area contributed by atoms with Crippen LogP contribution in [0.3, 0.4) is 0 Å². The second-order valence-corrected chi connectivity index (χ2v) is 19.8. The lowest BCUT2D eigenvalue weighted by Gasteiger charge is -2.50. The van der Waals surface area contributed by atoms with Crippen molar-refractivity contribution >= 4 is 36.6 Å². The largest absolute Gasteiger partial charge is 0.459 e. The Hall–Kier alpha value is -6.17. The molecule has 6 aromatic carbocycles. The van der Waals surface area contributed by atoms with Gasteiger partial charge in [-0.1, -0.05) is 166 Å². The lowest BCUT2D eigenvalue weighted by Crippen LogP contribution is -2.71. The van der Waals surface area contributed by atoms with Gasteiger partial charge in [-0.2, -0.15) is 0 Å². The van der Waals surface area contributed by atoms with Gasteiger partial charge in [-0.05, 0) is 57.4 Å². The molecule has 0 radical (unpaired) electrons. The van der Waals surface area contributed by atoms with E-state index < -0.39 is 62.0 Å². The molecule has 1 aliphatic heterocycles. The number of carbonyl (C=O) groups excluding carboxylic acids is 3. The Morgan fingerprint density at radius 1 is 0.517 bits per heavy atom. The number of esters is 3. The minimum Gasteiger partial charge on any atom is -0.459 e. The van der Waals surface area contributed by atoms with Crippen LogP contribution < -0.4 is 10.4 Å². The van der Waals surface area contributed by atoms with Gasteiger partial charge >= 0.3 is 17.9 Å². The molecule has 9 nitrogen and oxygen atoms in total. The monoisotopic (exact) mass is 820 g/mol. The predicted octanol–water partition coefficient (Wildman–Crippen LogP) is 8.18. The third kappa shape index (κ3) is 9.64. The minimum absolute atomic E-state index is 0.0484. The van der Waals surface area contributed by atoms with E-state index in [-0.39, 0.29) is 18.8 Å². The van der Waals surface area contributed by atoms with E-state index in [1.165, 1.54) is 0 Å². The Balaban J connectivity index is 1.38. The average molecular weight is 821 g/mol. The molecule has 0 saturated carbocycles. The molecule has 10 heteroatoms. The van der Waals surface area contributed by atoms with Crippen molar-refractivity contribution < 1.29 is 42.5 Å². The molecule has 60 heavy (non-hydrogen) atoms. The van der Waals surface area contributed by atoms with Crippen molar-refractivity contribution in [3.05, 3.63) is 204 Å². The molecule has 0 bridgehead atoms. The van der Waals surface area contributed by atoms with Crippen LogP contribution in [0.4, 0.5) is 0 Å². The fraction of sp³-hybridized carbons (Fsp3) is 0.220. The highest BCUT2D eigenvalue weighted by molar-refractivity contribution is 6.99. The summed E-state index contributed by atoms with van der Waals surface area (Å²) >= 11 is 0. The van der Waals surface area contributed by atoms with Gasteiger partial charge < -0.3 is 28.1 Å². The average Bonchev–Trinajstić information content (AvgIpc) is 3.29. The molecule has 1 fully saturated rings. The van der Waals surface area contributed by atoms with Gasteiger partial charge in [0.2, 0.25) is 0 Å². The summed E-state index contributed by atoms with van der Waals surface area (Å²) in [6.45, 7) is 6.07. The smallest absolute Gasteiger partial charge is 0.338 e. The zero-order valence-corrected chi connectivity index (χ0v) is 34.8. The summed E-state index contributed by atoms with van der Waals surface area (Å²) in [6.07, 6.45) is -6.24. The molecule has 0 amide bonds. The highest BCUT2D eigenvalue weighted by Gasteiger charge is 2.58. The zero-order chi connectivity index (χ0) is 42.0. The molecular weight excluding hydrogens is 773 g/mol. The summed E-state index contributed by atoms with van der Waals surface area (Å²) in [6, 6.07) is 55.2. The van der Waals surface area contributed by atoms with Crippen LogP contribution in [0.25, 0.3) is 0 Å². The molecule has 0 aromatic heterocycles. The van der Waals surface area contributed by atoms with Crippen molar-refractivity contribution in [2.45, 2.75) is 63.1 Å². The first kappa shape index (κ1) is 42.0. The summed E-state index contributed by atoms with van der Waals surface area (Å²) in [5.41, 5.74) is 1.72. The summed E-state index contributed by atoms with van der Waals surface area (Å²) in [5, 5.41) is 1.37. The van der Waals surface area contributed by atoms with Gasteiger partial charge in [0, 0.05) is 0 Å². The maximum Gasteiger partial charge on any atom is 0.338 e. The number of carbonyl (C=O) groups is 3. The first-order valence-electron chi connectivity index (χ1n) is 20.0. The van der Waals surface area contributed by atoms with Crippen LogP contribution in [0.5, 0.6) is 0 Å². The normalized spacial score (nSPS) is 19.1. The van der Waals surface area contributed by atoms with Crippen molar-refractivity contribution in [2.24, 2.45) is 0 Å². The summed E-state index contributed by atoms with van der Waals surface area (Å²) < 4.78 is 40.1. The van der Waals surface area contributed by atoms with Gasteiger partial charge in [0.25, 0.3) is 8.32 Å². The molecule has 2 unspecified atom stereocenters. The molecule has 0 spiro atoms. The number of rotatable bonds is 14. The van der Waals surface area contributed by atoms with E-state index in [9.17, 15) is 14.4 Å². The zero-order valence-electron chi connectivity index (χ0n) is 33.8. The molecule has 6 aromatic rings. The van der Waals surface area contributed by atoms with E-state index in [1.54, 1.807) is 84.9 Å². The summed E-state index contributed by atoms with van der Waals surface area (Å²) in [5.74, 6) is -1.93. The summed E-state index contributed by atoms with van der Waals surface area (Å²) in [4.78, 5) is 41.8. The molecule has 0 N–H and O–H groups in total. The Morgan fingerprint density at radius 2 is 0.917 bits per heavy atom. The van der Waals surface area contributed by atoms with Crippen LogP contribution in [0.15, 0.2) is 182 Å². The minimum atomic E-state index is -3.45. The van der Waals surface area contributed by atoms with Crippen LogP contribution in [0, 0.1) is 0 Å². The second kappa shape index (κ2) is 19.3. The van der Waals surface area contributed by atoms with E-state index in [4.69, 9.17) is 28.1 Å². The van der Waals surface area contributed by atoms with Gasteiger partial charge in [-0.3, -0.25) is 0 Å². The van der Waals surface area contributed by atoms with Gasteiger partial charge in [0.05, 0.1) is 23.3 Å². The second-order valence-electron chi connectivity index (χ2n) is 15.5. The van der Waals surface area contributed by atoms with Gasteiger partial charge in [-0.15, -0.1) is 0 Å². The fourth-order valence-electron chi connectivity index (χ4n) is 7.54. The van der Waals surface area contributed by atoms with Crippen molar-refractivity contribution in [3.63, 3.8) is 0 Å². The quantitative estimate of drug-likeness (QED) is 0.0611. The highest BCUT2D eigenvalue weighted by Crippen LogP contribution is 2.41. The van der Waals surface area contributed by atoms with Gasteiger partial charge in [0.1, 0.15) is 18.8 Å². The SMILES string of the molecule is CC(C)(C)[Si](O[C@@H]1OC(COC(=O)c2ccccc2)[C@H](OC(=O)c2ccccc2)[C@H](OCc2ccccc2)C1OC(=O)c1ccccc1)(c1ccccc1)c1ccccc1. The number of ether oxygens (including phenoxy) is 5. The van der Waals surface area contributed by atoms with Crippen molar-refractivity contribution in [1.82, 2.24) is 0 Å². The van der Waals surface area contributed by atoms with Gasteiger partial charge in [-0.25, -0.2) is 14.4 Å². The molecule has 1 heterocycles. The van der Waals surface area contributed by atoms with Crippen molar-refractivity contribution in [1.29, 1.82) is 0 Å². The maximum absolute atomic E-state index is 14.2. The standard InChI is InChI=1S/C50H48O9Si/c1-50(2,3)60(40-30-18-8-19-31-40,41-32-20-9-21-33-41)59-49-45(58-48(53)39-28-16-7-17-29-39)44(54-34-36-22-10-4-11-23-36)43(57-47(52)38-26-14-6-15-27-38)42(56-49)35-55-46(51)37-24-12-5-13-25-37/h4-33,42-45,49H,34-35H2,1-3H3/t42?,43-,44-,45?,49-/m0/s1. The molecule has 0 aliphatic carbocycles. The number of hydrogen-bond donors (Lipinski definition) is 0. The summed E-state index contributed by atoms with van der Waals surface area (Å²) in [7, 11) is -3.45. The van der Waals surface area contributed by atoms with Crippen LogP contribution in [0.1, 0.15) is 57.4 Å². The number of benzene rings is 6. The van der Waals surface area contributed by atoms with E-state index in [2.05, 4.69) is 20.8 Å². The topological polar surface area (TPSA) is 107 Å². The lowest BCUT2D eigenvalue weighted by molar-refractivity contribution is -0.288. The Labute approximate surface area is 351 Å². The molecular formula is C50H48O9Si. The van der Waals surface area contributed by atoms with E-state index >= 15 is 0 Å². The molecule has 1 aliphatic rings. The molecule has 306 valence electrons. The van der Waals surface area contributed by atoms with Crippen LogP contribution >= 0.6 is 0 Å². The number of hydrogen-bond acceptors (Lipinski definition) is 9. The van der Waals surface area contributed by atoms with Crippen LogP contribution in [-0.4, -0.2) is 63.5 Å². The highest BCUT2D eigenvalue weighted by atomic mass is 28.4. The van der Waals surface area contributed by atoms with E-state index in [1.807, 2.05) is 97.1 Å². The Bertz CT molecular complexity index is 2250.